The zero-order valence-electron chi connectivity index (χ0n) is 12.3. The summed E-state index contributed by atoms with van der Waals surface area (Å²) in [6, 6.07) is 4.29. The molecule has 0 bridgehead atoms. The van der Waals surface area contributed by atoms with Gasteiger partial charge in [0.25, 0.3) is 5.69 Å². The predicted octanol–water partition coefficient (Wildman–Crippen LogP) is 1.52. The lowest BCUT2D eigenvalue weighted by atomic mass is 10.1. The topological polar surface area (TPSA) is 99.0 Å². The summed E-state index contributed by atoms with van der Waals surface area (Å²) in [5.74, 6) is -1.09. The van der Waals surface area contributed by atoms with Gasteiger partial charge >= 0.3 is 5.97 Å². The lowest BCUT2D eigenvalue weighted by Crippen LogP contribution is -2.26. The van der Waals surface area contributed by atoms with Crippen LogP contribution in [0, 0.1) is 16.0 Å². The first-order valence-corrected chi connectivity index (χ1v) is 6.77. The van der Waals surface area contributed by atoms with Crippen LogP contribution in [0.2, 0.25) is 0 Å². The Morgan fingerprint density at radius 1 is 1.50 bits per heavy atom. The van der Waals surface area contributed by atoms with Gasteiger partial charge in [-0.1, -0.05) is 0 Å². The maximum absolute atomic E-state index is 12.1. The molecule has 1 unspecified atom stereocenters. The summed E-state index contributed by atoms with van der Waals surface area (Å²) in [5.41, 5.74) is -0.0744. The van der Waals surface area contributed by atoms with E-state index in [4.69, 9.17) is 4.74 Å². The van der Waals surface area contributed by atoms with Crippen LogP contribution in [0.5, 0.6) is 5.75 Å². The van der Waals surface area contributed by atoms with Crippen molar-refractivity contribution in [3.05, 3.63) is 28.3 Å². The van der Waals surface area contributed by atoms with Gasteiger partial charge in [0.05, 0.1) is 30.6 Å². The van der Waals surface area contributed by atoms with Crippen molar-refractivity contribution in [2.75, 3.05) is 25.2 Å². The van der Waals surface area contributed by atoms with Crippen LogP contribution in [0.1, 0.15) is 13.3 Å². The number of anilines is 1. The van der Waals surface area contributed by atoms with Crippen molar-refractivity contribution in [3.63, 3.8) is 0 Å². The number of rotatable bonds is 5. The van der Waals surface area contributed by atoms with E-state index < -0.39 is 16.8 Å². The van der Waals surface area contributed by atoms with Gasteiger partial charge in [-0.05, 0) is 19.1 Å². The first kappa shape index (κ1) is 15.7. The minimum Gasteiger partial charge on any atom is -0.494 e. The highest BCUT2D eigenvalue weighted by Crippen LogP contribution is 2.35. The molecule has 1 fully saturated rings. The van der Waals surface area contributed by atoms with Crippen LogP contribution in [0.15, 0.2) is 18.2 Å². The molecule has 8 nitrogen and oxygen atoms in total. The number of ether oxygens (including phenoxy) is 2. The maximum atomic E-state index is 12.1. The van der Waals surface area contributed by atoms with E-state index in [1.165, 1.54) is 24.1 Å². The monoisotopic (exact) mass is 308 g/mol. The Hall–Kier alpha value is -2.64. The third-order valence-electron chi connectivity index (χ3n) is 3.40. The number of methoxy groups -OCH3 is 1. The van der Waals surface area contributed by atoms with E-state index in [-0.39, 0.29) is 30.2 Å². The van der Waals surface area contributed by atoms with Crippen LogP contribution in [0.25, 0.3) is 0 Å². The van der Waals surface area contributed by atoms with Crippen LogP contribution in [0.3, 0.4) is 0 Å². The Kier molecular flexibility index (Phi) is 4.59. The minimum absolute atomic E-state index is 0.0168. The molecule has 0 N–H and O–H groups in total. The van der Waals surface area contributed by atoms with Gasteiger partial charge in [-0.2, -0.15) is 0 Å². The summed E-state index contributed by atoms with van der Waals surface area (Å²) in [6.07, 6.45) is -0.0168. The second-order valence-electron chi connectivity index (χ2n) is 4.77. The van der Waals surface area contributed by atoms with E-state index >= 15 is 0 Å². The van der Waals surface area contributed by atoms with Crippen LogP contribution in [0.4, 0.5) is 11.4 Å². The van der Waals surface area contributed by atoms with Crippen LogP contribution in [-0.4, -0.2) is 37.1 Å². The molecule has 0 spiro atoms. The molecule has 0 aliphatic carbocycles. The van der Waals surface area contributed by atoms with E-state index in [0.29, 0.717) is 12.4 Å². The number of esters is 1. The molecule has 1 aromatic carbocycles. The summed E-state index contributed by atoms with van der Waals surface area (Å²) in [5, 5.41) is 11.2. The minimum atomic E-state index is -0.608. The fourth-order valence-electron chi connectivity index (χ4n) is 2.40. The highest BCUT2D eigenvalue weighted by Gasteiger charge is 2.38. The standard InChI is InChI=1S/C14H16N2O6/c1-3-22-10-4-5-11(12(7-10)16(19)20)15-8-9(6-13(15)17)14(18)21-2/h4-5,7,9H,3,6,8H2,1-2H3. The molecule has 1 aliphatic heterocycles. The molecule has 2 rings (SSSR count). The van der Waals surface area contributed by atoms with Crippen molar-refractivity contribution >= 4 is 23.3 Å². The number of amides is 1. The van der Waals surface area contributed by atoms with Gasteiger partial charge in [-0.25, -0.2) is 0 Å². The Morgan fingerprint density at radius 3 is 2.82 bits per heavy atom. The van der Waals surface area contributed by atoms with E-state index in [2.05, 4.69) is 4.74 Å². The van der Waals surface area contributed by atoms with Gasteiger partial charge < -0.3 is 14.4 Å². The molecule has 0 aromatic heterocycles. The summed E-state index contributed by atoms with van der Waals surface area (Å²) < 4.78 is 9.86. The van der Waals surface area contributed by atoms with Crippen LogP contribution >= 0.6 is 0 Å². The highest BCUT2D eigenvalue weighted by atomic mass is 16.6. The molecule has 1 saturated heterocycles. The predicted molar refractivity (Wildman–Crippen MR) is 76.7 cm³/mol. The van der Waals surface area contributed by atoms with Crippen LogP contribution in [-0.2, 0) is 14.3 Å². The van der Waals surface area contributed by atoms with Crippen molar-refractivity contribution in [3.8, 4) is 5.75 Å². The lowest BCUT2D eigenvalue weighted by molar-refractivity contribution is -0.384. The fourth-order valence-corrected chi connectivity index (χ4v) is 2.40. The molecule has 1 amide bonds. The van der Waals surface area contributed by atoms with Crippen molar-refractivity contribution in [2.24, 2.45) is 5.92 Å². The number of nitro benzene ring substituents is 1. The van der Waals surface area contributed by atoms with Gasteiger partial charge in [0.2, 0.25) is 5.91 Å². The highest BCUT2D eigenvalue weighted by molar-refractivity contribution is 6.01. The number of carbonyl (C=O) groups is 2. The van der Waals surface area contributed by atoms with E-state index in [9.17, 15) is 19.7 Å². The maximum Gasteiger partial charge on any atom is 0.311 e. The third-order valence-corrected chi connectivity index (χ3v) is 3.40. The van der Waals surface area contributed by atoms with Gasteiger partial charge in [-0.15, -0.1) is 0 Å². The van der Waals surface area contributed by atoms with Crippen molar-refractivity contribution in [2.45, 2.75) is 13.3 Å². The SMILES string of the molecule is CCOc1ccc(N2CC(C(=O)OC)CC2=O)c([N+](=O)[O-])c1. The Bertz CT molecular complexity index is 615. The molecule has 0 saturated carbocycles. The summed E-state index contributed by atoms with van der Waals surface area (Å²) in [4.78, 5) is 35.5. The van der Waals surface area contributed by atoms with Crippen molar-refractivity contribution < 1.29 is 24.0 Å². The van der Waals surface area contributed by atoms with Gasteiger partial charge in [0.15, 0.2) is 0 Å². The summed E-state index contributed by atoms with van der Waals surface area (Å²) >= 11 is 0. The second kappa shape index (κ2) is 6.42. The van der Waals surface area contributed by atoms with E-state index in [0.717, 1.165) is 0 Å². The molecule has 118 valence electrons. The normalized spacial score (nSPS) is 17.5. The molecule has 8 heteroatoms. The number of nitrogens with zero attached hydrogens (tertiary/aromatic N) is 2. The fraction of sp³-hybridized carbons (Fsp3) is 0.429. The molecule has 1 aliphatic rings. The van der Waals surface area contributed by atoms with Gasteiger partial charge in [-0.3, -0.25) is 19.7 Å². The largest absolute Gasteiger partial charge is 0.494 e. The van der Waals surface area contributed by atoms with Crippen LogP contribution < -0.4 is 9.64 Å². The summed E-state index contributed by atoms with van der Waals surface area (Å²) in [6.45, 7) is 2.22. The van der Waals surface area contributed by atoms with E-state index in [1.807, 2.05) is 0 Å². The smallest absolute Gasteiger partial charge is 0.311 e. The average Bonchev–Trinajstić information content (AvgIpc) is 2.88. The number of nitro groups is 1. The van der Waals surface area contributed by atoms with Crippen molar-refractivity contribution in [1.29, 1.82) is 0 Å². The number of hydrogen-bond acceptors (Lipinski definition) is 6. The van der Waals surface area contributed by atoms with Gasteiger partial charge in [0.1, 0.15) is 11.4 Å². The average molecular weight is 308 g/mol. The van der Waals surface area contributed by atoms with Gasteiger partial charge in [0, 0.05) is 13.0 Å². The zero-order chi connectivity index (χ0) is 16.3. The third kappa shape index (κ3) is 3.00. The lowest BCUT2D eigenvalue weighted by Gasteiger charge is -2.17. The number of hydrogen-bond donors (Lipinski definition) is 0. The Morgan fingerprint density at radius 2 is 2.23 bits per heavy atom. The first-order valence-electron chi connectivity index (χ1n) is 6.77. The molecule has 0 radical (unpaired) electrons. The zero-order valence-corrected chi connectivity index (χ0v) is 12.3. The van der Waals surface area contributed by atoms with E-state index in [1.54, 1.807) is 13.0 Å². The molecule has 1 atom stereocenters. The summed E-state index contributed by atoms with van der Waals surface area (Å²) in [7, 11) is 1.24. The number of carbonyl (C=O) groups excluding carboxylic acids is 2. The molecule has 1 heterocycles. The molecular weight excluding hydrogens is 292 g/mol. The first-order chi connectivity index (χ1) is 10.5. The quantitative estimate of drug-likeness (QED) is 0.464. The molecular formula is C14H16N2O6. The molecule has 22 heavy (non-hydrogen) atoms. The second-order valence-corrected chi connectivity index (χ2v) is 4.77. The number of benzene rings is 1. The Labute approximate surface area is 126 Å². The Balaban J connectivity index is 2.34. The molecule has 1 aromatic rings. The van der Waals surface area contributed by atoms with Crippen molar-refractivity contribution in [1.82, 2.24) is 0 Å².